The number of carbonyl (C=O) groups is 1. The molecule has 1 aromatic rings. The SMILES string of the molecule is COCCOCOC(=O)c1ccc(C(F)(F)F)nc1. The van der Waals surface area contributed by atoms with Crippen LogP contribution in [0, 0.1) is 0 Å². The highest BCUT2D eigenvalue weighted by atomic mass is 19.4. The summed E-state index contributed by atoms with van der Waals surface area (Å²) < 4.78 is 50.9. The Morgan fingerprint density at radius 3 is 2.58 bits per heavy atom. The smallest absolute Gasteiger partial charge is 0.433 e. The molecule has 0 saturated carbocycles. The molecule has 0 saturated heterocycles. The normalized spacial score (nSPS) is 11.4. The summed E-state index contributed by atoms with van der Waals surface area (Å²) in [6.07, 6.45) is -3.73. The van der Waals surface area contributed by atoms with E-state index >= 15 is 0 Å². The van der Waals surface area contributed by atoms with E-state index in [1.54, 1.807) is 0 Å². The number of carbonyl (C=O) groups excluding carboxylic acids is 1. The number of pyridine rings is 1. The van der Waals surface area contributed by atoms with E-state index < -0.39 is 17.8 Å². The van der Waals surface area contributed by atoms with E-state index in [9.17, 15) is 18.0 Å². The molecule has 0 unspecified atom stereocenters. The van der Waals surface area contributed by atoms with E-state index in [4.69, 9.17) is 9.47 Å². The summed E-state index contributed by atoms with van der Waals surface area (Å²) in [6, 6.07) is 1.70. The van der Waals surface area contributed by atoms with Gasteiger partial charge in [0.2, 0.25) is 0 Å². The second-order valence-corrected chi connectivity index (χ2v) is 3.38. The van der Waals surface area contributed by atoms with Gasteiger partial charge in [0.15, 0.2) is 6.79 Å². The number of hydrogen-bond donors (Lipinski definition) is 0. The molecule has 0 spiro atoms. The Labute approximate surface area is 107 Å². The van der Waals surface area contributed by atoms with E-state index in [0.29, 0.717) is 12.7 Å². The van der Waals surface area contributed by atoms with Crippen molar-refractivity contribution in [2.24, 2.45) is 0 Å². The first kappa shape index (κ1) is 15.4. The van der Waals surface area contributed by atoms with Gasteiger partial charge in [-0.1, -0.05) is 0 Å². The van der Waals surface area contributed by atoms with Gasteiger partial charge < -0.3 is 14.2 Å². The van der Waals surface area contributed by atoms with Crippen molar-refractivity contribution in [2.45, 2.75) is 6.18 Å². The summed E-state index contributed by atoms with van der Waals surface area (Å²) in [5, 5.41) is 0. The van der Waals surface area contributed by atoms with Gasteiger partial charge in [0.1, 0.15) is 5.69 Å². The van der Waals surface area contributed by atoms with Crippen LogP contribution < -0.4 is 0 Å². The van der Waals surface area contributed by atoms with E-state index in [-0.39, 0.29) is 19.0 Å². The Bertz CT molecular complexity index is 405. The van der Waals surface area contributed by atoms with Gasteiger partial charge in [-0.15, -0.1) is 0 Å². The fraction of sp³-hybridized carbons (Fsp3) is 0.455. The molecule has 0 bridgehead atoms. The molecular weight excluding hydrogens is 267 g/mol. The third-order valence-corrected chi connectivity index (χ3v) is 1.99. The fourth-order valence-corrected chi connectivity index (χ4v) is 1.06. The van der Waals surface area contributed by atoms with Gasteiger partial charge in [0, 0.05) is 13.3 Å². The summed E-state index contributed by atoms with van der Waals surface area (Å²) in [5.41, 5.74) is -1.15. The first-order valence-electron chi connectivity index (χ1n) is 5.22. The Kier molecular flexibility index (Phi) is 5.71. The van der Waals surface area contributed by atoms with Gasteiger partial charge in [-0.3, -0.25) is 4.98 Å². The first-order valence-corrected chi connectivity index (χ1v) is 5.22. The molecule has 0 fully saturated rings. The van der Waals surface area contributed by atoms with Gasteiger partial charge in [0.05, 0.1) is 18.8 Å². The van der Waals surface area contributed by atoms with Crippen molar-refractivity contribution in [1.29, 1.82) is 0 Å². The minimum absolute atomic E-state index is 0.0802. The molecule has 1 heterocycles. The number of rotatable bonds is 6. The lowest BCUT2D eigenvalue weighted by molar-refractivity contribution is -0.141. The molecule has 0 aliphatic rings. The van der Waals surface area contributed by atoms with Crippen LogP contribution >= 0.6 is 0 Å². The highest BCUT2D eigenvalue weighted by Crippen LogP contribution is 2.27. The minimum atomic E-state index is -4.54. The van der Waals surface area contributed by atoms with Crippen molar-refractivity contribution in [3.05, 3.63) is 29.6 Å². The summed E-state index contributed by atoms with van der Waals surface area (Å²) in [5.74, 6) is -0.807. The maximum Gasteiger partial charge on any atom is 0.433 e. The topological polar surface area (TPSA) is 57.7 Å². The lowest BCUT2D eigenvalue weighted by Crippen LogP contribution is -2.13. The Morgan fingerprint density at radius 1 is 1.32 bits per heavy atom. The van der Waals surface area contributed by atoms with Gasteiger partial charge in [0.25, 0.3) is 0 Å². The predicted octanol–water partition coefficient (Wildman–Crippen LogP) is 1.88. The van der Waals surface area contributed by atoms with Crippen molar-refractivity contribution in [2.75, 3.05) is 27.1 Å². The number of aromatic nitrogens is 1. The molecule has 0 aliphatic heterocycles. The van der Waals surface area contributed by atoms with Gasteiger partial charge in [-0.05, 0) is 12.1 Å². The maximum atomic E-state index is 12.2. The molecule has 0 aliphatic carbocycles. The van der Waals surface area contributed by atoms with Crippen molar-refractivity contribution >= 4 is 5.97 Å². The number of alkyl halides is 3. The zero-order chi connectivity index (χ0) is 14.3. The number of esters is 1. The van der Waals surface area contributed by atoms with Crippen LogP contribution in [-0.4, -0.2) is 38.1 Å². The molecule has 0 N–H and O–H groups in total. The number of nitrogens with zero attached hydrogens (tertiary/aromatic N) is 1. The number of ether oxygens (including phenoxy) is 3. The molecule has 0 atom stereocenters. The van der Waals surface area contributed by atoms with Crippen LogP contribution in [0.2, 0.25) is 0 Å². The first-order chi connectivity index (χ1) is 8.95. The Balaban J connectivity index is 2.45. The highest BCUT2D eigenvalue weighted by molar-refractivity contribution is 5.88. The zero-order valence-corrected chi connectivity index (χ0v) is 10.1. The average Bonchev–Trinajstić information content (AvgIpc) is 2.37. The molecule has 106 valence electrons. The Hall–Kier alpha value is -1.67. The van der Waals surface area contributed by atoms with Crippen LogP contribution in [-0.2, 0) is 20.4 Å². The molecule has 19 heavy (non-hydrogen) atoms. The number of halogens is 3. The lowest BCUT2D eigenvalue weighted by atomic mass is 10.2. The van der Waals surface area contributed by atoms with Gasteiger partial charge in [-0.2, -0.15) is 13.2 Å². The molecule has 0 radical (unpaired) electrons. The molecule has 0 aromatic carbocycles. The van der Waals surface area contributed by atoms with Gasteiger partial charge in [-0.25, -0.2) is 4.79 Å². The summed E-state index contributed by atoms with van der Waals surface area (Å²) in [6.45, 7) is 0.289. The molecule has 0 amide bonds. The molecule has 1 rings (SSSR count). The summed E-state index contributed by atoms with van der Waals surface area (Å²) >= 11 is 0. The third kappa shape index (κ3) is 5.23. The van der Waals surface area contributed by atoms with Crippen molar-refractivity contribution in [3.63, 3.8) is 0 Å². The van der Waals surface area contributed by atoms with Crippen LogP contribution in [0.15, 0.2) is 18.3 Å². The third-order valence-electron chi connectivity index (χ3n) is 1.99. The molecular formula is C11H12F3NO4. The van der Waals surface area contributed by atoms with Crippen LogP contribution in [0.4, 0.5) is 13.2 Å². The van der Waals surface area contributed by atoms with Crippen LogP contribution in [0.25, 0.3) is 0 Å². The van der Waals surface area contributed by atoms with E-state index in [1.807, 2.05) is 0 Å². The minimum Gasteiger partial charge on any atom is -0.435 e. The predicted molar refractivity (Wildman–Crippen MR) is 57.3 cm³/mol. The lowest BCUT2D eigenvalue weighted by Gasteiger charge is -2.07. The fourth-order valence-electron chi connectivity index (χ4n) is 1.06. The van der Waals surface area contributed by atoms with Crippen LogP contribution in [0.1, 0.15) is 16.1 Å². The largest absolute Gasteiger partial charge is 0.435 e. The monoisotopic (exact) mass is 279 g/mol. The zero-order valence-electron chi connectivity index (χ0n) is 10.1. The quantitative estimate of drug-likeness (QED) is 0.452. The van der Waals surface area contributed by atoms with Gasteiger partial charge >= 0.3 is 12.1 Å². The Morgan fingerprint density at radius 2 is 2.05 bits per heavy atom. The molecule has 8 heteroatoms. The van der Waals surface area contributed by atoms with E-state index in [2.05, 4.69) is 9.72 Å². The number of hydrogen-bond acceptors (Lipinski definition) is 5. The second-order valence-electron chi connectivity index (χ2n) is 3.38. The maximum absolute atomic E-state index is 12.2. The van der Waals surface area contributed by atoms with E-state index in [0.717, 1.165) is 12.3 Å². The van der Waals surface area contributed by atoms with Crippen molar-refractivity contribution in [1.82, 2.24) is 4.98 Å². The average molecular weight is 279 g/mol. The highest BCUT2D eigenvalue weighted by Gasteiger charge is 2.32. The summed E-state index contributed by atoms with van der Waals surface area (Å²) in [4.78, 5) is 14.5. The van der Waals surface area contributed by atoms with Crippen LogP contribution in [0.3, 0.4) is 0 Å². The van der Waals surface area contributed by atoms with Crippen molar-refractivity contribution < 1.29 is 32.2 Å². The van der Waals surface area contributed by atoms with Crippen LogP contribution in [0.5, 0.6) is 0 Å². The van der Waals surface area contributed by atoms with Crippen molar-refractivity contribution in [3.8, 4) is 0 Å². The second kappa shape index (κ2) is 7.05. The summed E-state index contributed by atoms with van der Waals surface area (Å²) in [7, 11) is 1.49. The number of methoxy groups -OCH3 is 1. The standard InChI is InChI=1S/C11H12F3NO4/c1-17-4-5-18-7-19-10(16)8-2-3-9(15-6-8)11(12,13)14/h2-3,6H,4-5,7H2,1H3. The molecule has 1 aromatic heterocycles. The van der Waals surface area contributed by atoms with E-state index in [1.165, 1.54) is 7.11 Å². The molecule has 5 nitrogen and oxygen atoms in total.